The molecule has 4 unspecified atom stereocenters. The van der Waals surface area contributed by atoms with Crippen LogP contribution >= 0.6 is 0 Å². The normalized spacial score (nSPS) is 23.6. The van der Waals surface area contributed by atoms with E-state index in [1.54, 1.807) is 55.5 Å². The lowest BCUT2D eigenvalue weighted by atomic mass is 9.70. The van der Waals surface area contributed by atoms with Crippen LogP contribution < -0.4 is 15.0 Å². The van der Waals surface area contributed by atoms with Crippen molar-refractivity contribution >= 4 is 33.4 Å². The number of nitriles is 2. The van der Waals surface area contributed by atoms with Gasteiger partial charge in [0.2, 0.25) is 0 Å². The number of piperazine rings is 1. The van der Waals surface area contributed by atoms with Crippen molar-refractivity contribution in [2.75, 3.05) is 29.9 Å². The quantitative estimate of drug-likeness (QED) is 0.268. The maximum atomic E-state index is 15.9. The number of ether oxygens (including phenoxy) is 1. The molecular formula is C34H29N6O6S+. The van der Waals surface area contributed by atoms with Crippen LogP contribution in [0, 0.1) is 22.7 Å². The zero-order valence-electron chi connectivity index (χ0n) is 25.1. The smallest absolute Gasteiger partial charge is 0.493 e. The third-order valence-electron chi connectivity index (χ3n) is 8.80. The van der Waals surface area contributed by atoms with Gasteiger partial charge >= 0.3 is 22.0 Å². The van der Waals surface area contributed by atoms with Gasteiger partial charge in [-0.3, -0.25) is 4.98 Å². The average Bonchev–Trinajstić information content (AvgIpc) is 3.53. The highest BCUT2D eigenvalue weighted by atomic mass is 32.2. The molecule has 0 spiro atoms. The molecule has 12 nitrogen and oxygen atoms in total. The molecule has 2 aliphatic rings. The summed E-state index contributed by atoms with van der Waals surface area (Å²) in [7, 11) is -5.13. The van der Waals surface area contributed by atoms with Crippen molar-refractivity contribution in [3.05, 3.63) is 114 Å². The summed E-state index contributed by atoms with van der Waals surface area (Å²) in [5, 5.41) is 34.5. The number of para-hydroxylation sites is 2. The Morgan fingerprint density at radius 3 is 2.40 bits per heavy atom. The number of anilines is 2. The van der Waals surface area contributed by atoms with Gasteiger partial charge in [0, 0.05) is 41.8 Å². The number of amides is 2. The van der Waals surface area contributed by atoms with Crippen molar-refractivity contribution in [3.63, 3.8) is 0 Å². The molecule has 1 saturated heterocycles. The van der Waals surface area contributed by atoms with Crippen molar-refractivity contribution in [2.24, 2.45) is 0 Å². The highest BCUT2D eigenvalue weighted by molar-refractivity contribution is 7.86. The van der Waals surface area contributed by atoms with Gasteiger partial charge in [-0.2, -0.15) is 23.7 Å². The molecule has 47 heavy (non-hydrogen) atoms. The van der Waals surface area contributed by atoms with Gasteiger partial charge in [0.1, 0.15) is 17.2 Å². The monoisotopic (exact) mass is 649 g/mol. The number of rotatable bonds is 7. The van der Waals surface area contributed by atoms with Crippen LogP contribution in [0.4, 0.5) is 16.2 Å². The number of hydrogen-bond donors (Lipinski definition) is 2. The van der Waals surface area contributed by atoms with E-state index < -0.39 is 54.9 Å². The molecule has 6 rings (SSSR count). The number of fused-ring (bicyclic) bond motifs is 1. The molecule has 3 aromatic carbocycles. The van der Waals surface area contributed by atoms with Crippen LogP contribution in [0.5, 0.6) is 5.75 Å². The van der Waals surface area contributed by atoms with Crippen LogP contribution in [-0.4, -0.2) is 60.1 Å². The molecule has 1 fully saturated rings. The number of benzene rings is 3. The van der Waals surface area contributed by atoms with Crippen LogP contribution in [0.3, 0.4) is 0 Å². The van der Waals surface area contributed by atoms with Gasteiger partial charge in [-0.15, -0.1) is 0 Å². The predicted molar refractivity (Wildman–Crippen MR) is 170 cm³/mol. The fourth-order valence-corrected chi connectivity index (χ4v) is 8.59. The second kappa shape index (κ2) is 11.9. The molecule has 4 aromatic rings. The molecule has 2 aliphatic heterocycles. The maximum Gasteiger partial charge on any atom is 0.537 e. The SMILES string of the molecule is CCOc1ccccc1C1(C2CNc3ccccc32)C(=O)[N+](C(=O)O)(S(=O)(=O)c2ccc(C#N)cc2)CC(C#N)N1c1ccncc1. The summed E-state index contributed by atoms with van der Waals surface area (Å²) in [6, 6.07) is 24.3. The minimum absolute atomic E-state index is 0.0990. The lowest BCUT2D eigenvalue weighted by Crippen LogP contribution is -2.79. The largest absolute Gasteiger partial charge is 0.537 e. The Labute approximate surface area is 271 Å². The molecule has 0 radical (unpaired) electrons. The number of aromatic nitrogens is 1. The van der Waals surface area contributed by atoms with Crippen molar-refractivity contribution in [1.82, 2.24) is 4.98 Å². The molecule has 13 heteroatoms. The minimum Gasteiger partial charge on any atom is -0.493 e. The van der Waals surface area contributed by atoms with Crippen LogP contribution in [-0.2, 0) is 20.4 Å². The van der Waals surface area contributed by atoms with E-state index in [1.165, 1.54) is 29.4 Å². The highest BCUT2D eigenvalue weighted by Gasteiger charge is 2.75. The highest BCUT2D eigenvalue weighted by Crippen LogP contribution is 2.56. The topological polar surface area (TPSA) is 173 Å². The number of nitrogens with one attached hydrogen (secondary N) is 1. The number of hydrogen-bond acceptors (Lipinski definition) is 10. The first-order valence-electron chi connectivity index (χ1n) is 14.7. The molecule has 2 N–H and O–H groups in total. The van der Waals surface area contributed by atoms with Gasteiger partial charge in [0.15, 0.2) is 11.6 Å². The molecule has 0 saturated carbocycles. The van der Waals surface area contributed by atoms with Crippen molar-refractivity contribution in [1.29, 1.82) is 10.5 Å². The third-order valence-corrected chi connectivity index (χ3v) is 11.0. The Hall–Kier alpha value is -5.76. The van der Waals surface area contributed by atoms with Gasteiger partial charge < -0.3 is 20.1 Å². The first kappa shape index (κ1) is 31.2. The lowest BCUT2D eigenvalue weighted by Gasteiger charge is -2.54. The van der Waals surface area contributed by atoms with E-state index in [0.717, 1.165) is 12.1 Å². The van der Waals surface area contributed by atoms with Gasteiger partial charge in [0.25, 0.3) is 0 Å². The summed E-state index contributed by atoms with van der Waals surface area (Å²) in [5.74, 6) is -1.89. The van der Waals surface area contributed by atoms with E-state index in [2.05, 4.69) is 16.4 Å². The Morgan fingerprint density at radius 1 is 1.06 bits per heavy atom. The summed E-state index contributed by atoms with van der Waals surface area (Å²) in [6.07, 6.45) is 0.997. The van der Waals surface area contributed by atoms with E-state index in [1.807, 2.05) is 18.2 Å². The summed E-state index contributed by atoms with van der Waals surface area (Å²) in [6.45, 7) is 1.10. The Bertz CT molecular complexity index is 2060. The summed E-state index contributed by atoms with van der Waals surface area (Å²) in [4.78, 5) is 34.7. The number of carbonyl (C=O) groups is 2. The molecule has 4 atom stereocenters. The fourth-order valence-electron chi connectivity index (χ4n) is 6.84. The van der Waals surface area contributed by atoms with E-state index >= 15 is 4.79 Å². The lowest BCUT2D eigenvalue weighted by molar-refractivity contribution is -0.660. The average molecular weight is 650 g/mol. The van der Waals surface area contributed by atoms with Gasteiger partial charge in [-0.25, -0.2) is 4.79 Å². The second-order valence-corrected chi connectivity index (χ2v) is 13.1. The van der Waals surface area contributed by atoms with Crippen LogP contribution in [0.1, 0.15) is 29.5 Å². The number of pyridine rings is 1. The molecule has 2 amide bonds. The number of nitrogens with zero attached hydrogens (tertiary/aromatic N) is 5. The van der Waals surface area contributed by atoms with E-state index in [-0.39, 0.29) is 30.0 Å². The Morgan fingerprint density at radius 2 is 1.74 bits per heavy atom. The minimum atomic E-state index is -5.13. The van der Waals surface area contributed by atoms with Crippen LogP contribution in [0.15, 0.2) is 102 Å². The third kappa shape index (κ3) is 4.51. The number of sulfonamides is 1. The van der Waals surface area contributed by atoms with Gasteiger partial charge in [0.05, 0.1) is 24.3 Å². The first-order valence-corrected chi connectivity index (χ1v) is 16.2. The van der Waals surface area contributed by atoms with E-state index in [4.69, 9.17) is 4.74 Å². The van der Waals surface area contributed by atoms with Crippen molar-refractivity contribution in [2.45, 2.75) is 29.3 Å². The van der Waals surface area contributed by atoms with Crippen molar-refractivity contribution < 1.29 is 31.7 Å². The Balaban J connectivity index is 1.78. The summed E-state index contributed by atoms with van der Waals surface area (Å²) < 4.78 is 33.5. The molecule has 236 valence electrons. The van der Waals surface area contributed by atoms with Crippen LogP contribution in [0.2, 0.25) is 0 Å². The summed E-state index contributed by atoms with van der Waals surface area (Å²) in [5.41, 5.74) is -0.146. The number of carboxylic acid groups (broad SMARTS) is 1. The van der Waals surface area contributed by atoms with Gasteiger partial charge in [-0.1, -0.05) is 36.4 Å². The Kier molecular flexibility index (Phi) is 7.89. The van der Waals surface area contributed by atoms with Crippen molar-refractivity contribution in [3.8, 4) is 17.9 Å². The summed E-state index contributed by atoms with van der Waals surface area (Å²) >= 11 is 0. The van der Waals surface area contributed by atoms with E-state index in [0.29, 0.717) is 16.9 Å². The standard InChI is InChI=1S/C34H28N6O6S/c1-2-46-31-10-6-4-8-28(31)34(29-21-38-30-9-5-3-7-27(29)30)32(41)40(33(42)43,47(44,45)26-13-11-23(19-35)12-14-26)22-25(20-36)39(34)24-15-17-37-18-16-24/h3-18,25,29,38H,2,21-22H2,1H3/p+1. The van der Waals surface area contributed by atoms with Crippen LogP contribution in [0.25, 0.3) is 0 Å². The first-order chi connectivity index (χ1) is 22.7. The number of carbonyl (C=O) groups excluding carboxylic acids is 1. The maximum absolute atomic E-state index is 15.9. The predicted octanol–water partition coefficient (Wildman–Crippen LogP) is 4.58. The number of imide groups is 1. The van der Waals surface area contributed by atoms with Gasteiger partial charge in [-0.05, 0) is 64.9 Å². The zero-order chi connectivity index (χ0) is 33.4. The molecule has 1 aromatic heterocycles. The fraction of sp³-hybridized carbons (Fsp3) is 0.206. The second-order valence-electron chi connectivity index (χ2n) is 11.1. The molecular weight excluding hydrogens is 620 g/mol. The zero-order valence-corrected chi connectivity index (χ0v) is 26.0. The molecule has 3 heterocycles. The van der Waals surface area contributed by atoms with E-state index in [9.17, 15) is 28.8 Å². The number of quaternary nitrogens is 1. The molecule has 0 aliphatic carbocycles. The molecule has 0 bridgehead atoms.